The number of hydrogen-bond donors (Lipinski definition) is 0. The summed E-state index contributed by atoms with van der Waals surface area (Å²) >= 11 is 0. The zero-order valence-electron chi connectivity index (χ0n) is 7.25. The van der Waals surface area contributed by atoms with Crippen LogP contribution in [0.5, 0.6) is 0 Å². The van der Waals surface area contributed by atoms with Crippen LogP contribution in [0, 0.1) is 29.0 Å². The van der Waals surface area contributed by atoms with Crippen LogP contribution in [0.1, 0.15) is 17.5 Å². The van der Waals surface area contributed by atoms with Gasteiger partial charge in [-0.15, -0.1) is 0 Å². The predicted molar refractivity (Wildman–Crippen MR) is 48.7 cm³/mol. The highest BCUT2D eigenvalue weighted by Crippen LogP contribution is 2.07. The Morgan fingerprint density at radius 3 is 2.71 bits per heavy atom. The van der Waals surface area contributed by atoms with E-state index in [0.29, 0.717) is 11.8 Å². The molecule has 0 heterocycles. The van der Waals surface area contributed by atoms with Gasteiger partial charge in [-0.05, 0) is 18.2 Å². The van der Waals surface area contributed by atoms with Crippen LogP contribution in [-0.2, 0) is 4.79 Å². The van der Waals surface area contributed by atoms with Crippen LogP contribution in [0.15, 0.2) is 18.2 Å². The molecule has 0 unspecified atom stereocenters. The summed E-state index contributed by atoms with van der Waals surface area (Å²) in [6.07, 6.45) is 0.774. The first kappa shape index (κ1) is 9.95. The van der Waals surface area contributed by atoms with Crippen molar-refractivity contribution in [1.29, 1.82) is 5.26 Å². The molecule has 0 spiro atoms. The Balaban J connectivity index is 3.00. The van der Waals surface area contributed by atoms with E-state index in [1.165, 1.54) is 12.1 Å². The third-order valence-electron chi connectivity index (χ3n) is 1.45. The van der Waals surface area contributed by atoms with E-state index in [-0.39, 0.29) is 12.0 Å². The lowest BCUT2D eigenvalue weighted by Gasteiger charge is -1.92. The number of carbonyl (C=O) groups is 1. The van der Waals surface area contributed by atoms with Gasteiger partial charge in [0.2, 0.25) is 0 Å². The number of carbonyl (C=O) groups excluding carboxylic acids is 1. The number of hydrogen-bond acceptors (Lipinski definition) is 2. The lowest BCUT2D eigenvalue weighted by Crippen LogP contribution is -1.83. The molecule has 14 heavy (non-hydrogen) atoms. The fraction of sp³-hybridized carbons (Fsp3) is 0.0909. The summed E-state index contributed by atoms with van der Waals surface area (Å²) < 4.78 is 12.8. The minimum Gasteiger partial charge on any atom is -0.302 e. The summed E-state index contributed by atoms with van der Waals surface area (Å²) in [6, 6.07) is 5.65. The third-order valence-corrected chi connectivity index (χ3v) is 1.45. The summed E-state index contributed by atoms with van der Waals surface area (Å²) in [4.78, 5) is 9.96. The van der Waals surface area contributed by atoms with Crippen LogP contribution in [-0.4, -0.2) is 6.29 Å². The molecule has 0 radical (unpaired) electrons. The number of nitriles is 1. The lowest BCUT2D eigenvalue weighted by molar-refractivity contribution is -0.107. The zero-order chi connectivity index (χ0) is 10.4. The van der Waals surface area contributed by atoms with Crippen molar-refractivity contribution >= 4 is 6.29 Å². The van der Waals surface area contributed by atoms with E-state index in [9.17, 15) is 9.18 Å². The van der Waals surface area contributed by atoms with E-state index >= 15 is 0 Å². The fourth-order valence-electron chi connectivity index (χ4n) is 0.921. The minimum absolute atomic E-state index is 0.110. The van der Waals surface area contributed by atoms with Crippen LogP contribution < -0.4 is 0 Å². The van der Waals surface area contributed by atoms with Crippen molar-refractivity contribution in [3.05, 3.63) is 35.1 Å². The maximum absolute atomic E-state index is 12.8. The summed E-state index contributed by atoms with van der Waals surface area (Å²) in [5.41, 5.74) is 0.629. The Morgan fingerprint density at radius 1 is 1.36 bits per heavy atom. The van der Waals surface area contributed by atoms with Gasteiger partial charge >= 0.3 is 0 Å². The Morgan fingerprint density at radius 2 is 2.07 bits per heavy atom. The van der Waals surface area contributed by atoms with Gasteiger partial charge in [0.05, 0.1) is 18.1 Å². The highest BCUT2D eigenvalue weighted by molar-refractivity contribution is 5.55. The van der Waals surface area contributed by atoms with Crippen LogP contribution in [0.4, 0.5) is 4.39 Å². The van der Waals surface area contributed by atoms with Crippen LogP contribution in [0.2, 0.25) is 0 Å². The van der Waals surface area contributed by atoms with Gasteiger partial charge in [-0.25, -0.2) is 4.39 Å². The second kappa shape index (κ2) is 4.79. The average Bonchev–Trinajstić information content (AvgIpc) is 2.17. The Bertz CT molecular complexity index is 449. The normalized spacial score (nSPS) is 8.29. The molecule has 0 saturated heterocycles. The maximum atomic E-state index is 12.8. The van der Waals surface area contributed by atoms with Crippen molar-refractivity contribution in [3.63, 3.8) is 0 Å². The van der Waals surface area contributed by atoms with Crippen molar-refractivity contribution in [2.75, 3.05) is 0 Å². The molecule has 0 bridgehead atoms. The molecule has 68 valence electrons. The summed E-state index contributed by atoms with van der Waals surface area (Å²) in [5, 5.41) is 8.54. The van der Waals surface area contributed by atoms with Crippen molar-refractivity contribution < 1.29 is 9.18 Å². The summed E-state index contributed by atoms with van der Waals surface area (Å²) in [7, 11) is 0. The molecular formula is C11H6FNO. The number of benzene rings is 1. The molecule has 0 fully saturated rings. The van der Waals surface area contributed by atoms with Gasteiger partial charge in [0.1, 0.15) is 12.1 Å². The fourth-order valence-corrected chi connectivity index (χ4v) is 0.921. The second-order valence-corrected chi connectivity index (χ2v) is 2.51. The molecule has 2 nitrogen and oxygen atoms in total. The number of halogens is 1. The minimum atomic E-state index is -0.501. The van der Waals surface area contributed by atoms with E-state index in [1.54, 1.807) is 0 Å². The molecule has 1 aromatic rings. The molecule has 0 N–H and O–H groups in total. The van der Waals surface area contributed by atoms with Crippen molar-refractivity contribution in [3.8, 4) is 17.9 Å². The van der Waals surface area contributed by atoms with E-state index in [2.05, 4.69) is 11.8 Å². The van der Waals surface area contributed by atoms with E-state index in [1.807, 2.05) is 6.07 Å². The number of aldehydes is 1. The van der Waals surface area contributed by atoms with Gasteiger partial charge in [-0.1, -0.05) is 11.8 Å². The summed E-state index contributed by atoms with van der Waals surface area (Å²) in [5.74, 6) is 4.62. The first-order valence-corrected chi connectivity index (χ1v) is 3.89. The first-order valence-electron chi connectivity index (χ1n) is 3.89. The molecule has 0 saturated carbocycles. The standard InChI is InChI=1S/C11H6FNO/c12-11-6-9(3-1-2-4-14)5-10(7-11)8-13/h4-7H,2H2. The highest BCUT2D eigenvalue weighted by Gasteiger charge is 1.97. The summed E-state index contributed by atoms with van der Waals surface area (Å²) in [6.45, 7) is 0. The largest absolute Gasteiger partial charge is 0.302 e. The van der Waals surface area contributed by atoms with E-state index < -0.39 is 5.82 Å². The number of nitrogens with zero attached hydrogens (tertiary/aromatic N) is 1. The molecule has 1 rings (SSSR count). The van der Waals surface area contributed by atoms with Crippen molar-refractivity contribution in [2.24, 2.45) is 0 Å². The predicted octanol–water partition coefficient (Wildman–Crippen LogP) is 1.64. The topological polar surface area (TPSA) is 40.9 Å². The Hall–Kier alpha value is -2.13. The monoisotopic (exact) mass is 187 g/mol. The van der Waals surface area contributed by atoms with E-state index in [4.69, 9.17) is 5.26 Å². The molecule has 0 amide bonds. The molecule has 0 aliphatic rings. The third kappa shape index (κ3) is 2.73. The Labute approximate surface area is 81.0 Å². The zero-order valence-corrected chi connectivity index (χ0v) is 7.25. The highest BCUT2D eigenvalue weighted by atomic mass is 19.1. The van der Waals surface area contributed by atoms with E-state index in [0.717, 1.165) is 6.07 Å². The molecule has 3 heteroatoms. The molecule has 0 atom stereocenters. The van der Waals surface area contributed by atoms with Gasteiger partial charge in [-0.3, -0.25) is 0 Å². The van der Waals surface area contributed by atoms with Gasteiger partial charge in [0.25, 0.3) is 0 Å². The number of rotatable bonds is 1. The molecule has 0 aromatic heterocycles. The van der Waals surface area contributed by atoms with Crippen molar-refractivity contribution in [2.45, 2.75) is 6.42 Å². The molecule has 0 aliphatic carbocycles. The SMILES string of the molecule is N#Cc1cc(F)cc(C#CCC=O)c1. The van der Waals surface area contributed by atoms with Gasteiger partial charge in [0, 0.05) is 5.56 Å². The van der Waals surface area contributed by atoms with Crippen molar-refractivity contribution in [1.82, 2.24) is 0 Å². The Kier molecular flexibility index (Phi) is 3.41. The lowest BCUT2D eigenvalue weighted by atomic mass is 10.1. The van der Waals surface area contributed by atoms with Gasteiger partial charge < -0.3 is 4.79 Å². The molecular weight excluding hydrogens is 181 g/mol. The molecule has 1 aromatic carbocycles. The average molecular weight is 187 g/mol. The van der Waals surface area contributed by atoms with Crippen LogP contribution in [0.3, 0.4) is 0 Å². The van der Waals surface area contributed by atoms with Crippen LogP contribution in [0.25, 0.3) is 0 Å². The first-order chi connectivity index (χ1) is 6.76. The quantitative estimate of drug-likeness (QED) is 0.495. The van der Waals surface area contributed by atoms with Gasteiger partial charge in [-0.2, -0.15) is 5.26 Å². The van der Waals surface area contributed by atoms with Gasteiger partial charge in [0.15, 0.2) is 0 Å². The molecule has 0 aliphatic heterocycles. The maximum Gasteiger partial charge on any atom is 0.131 e. The van der Waals surface area contributed by atoms with Crippen LogP contribution >= 0.6 is 0 Å². The smallest absolute Gasteiger partial charge is 0.131 e. The second-order valence-electron chi connectivity index (χ2n) is 2.51.